The van der Waals surface area contributed by atoms with E-state index in [4.69, 9.17) is 14.4 Å². The Balaban J connectivity index is 2.08. The van der Waals surface area contributed by atoms with Crippen LogP contribution in [0.4, 0.5) is 0 Å². The van der Waals surface area contributed by atoms with Gasteiger partial charge in [-0.1, -0.05) is 5.16 Å². The van der Waals surface area contributed by atoms with Gasteiger partial charge in [0.2, 0.25) is 0 Å². The van der Waals surface area contributed by atoms with Gasteiger partial charge >= 0.3 is 5.97 Å². The van der Waals surface area contributed by atoms with Crippen molar-refractivity contribution in [1.29, 1.82) is 0 Å². The Kier molecular flexibility index (Phi) is 3.66. The lowest BCUT2D eigenvalue weighted by atomic mass is 10.2. The first-order valence-corrected chi connectivity index (χ1v) is 5.93. The van der Waals surface area contributed by atoms with Crippen LogP contribution in [0.3, 0.4) is 0 Å². The zero-order chi connectivity index (χ0) is 13.1. The van der Waals surface area contributed by atoms with E-state index >= 15 is 0 Å². The van der Waals surface area contributed by atoms with Crippen LogP contribution < -0.4 is 4.74 Å². The number of hydrogen-bond acceptors (Lipinski definition) is 4. The number of halogens is 1. The Bertz CT molecular complexity index is 579. The molecule has 1 aromatic heterocycles. The van der Waals surface area contributed by atoms with Gasteiger partial charge in [-0.15, -0.1) is 0 Å². The molecular weight excluding hydrogens is 302 g/mol. The van der Waals surface area contributed by atoms with Gasteiger partial charge in [0.25, 0.3) is 0 Å². The van der Waals surface area contributed by atoms with Gasteiger partial charge < -0.3 is 14.4 Å². The van der Waals surface area contributed by atoms with Crippen LogP contribution >= 0.6 is 15.9 Å². The average molecular weight is 312 g/mol. The summed E-state index contributed by atoms with van der Waals surface area (Å²) in [6, 6.07) is 6.35. The predicted molar refractivity (Wildman–Crippen MR) is 66.7 cm³/mol. The monoisotopic (exact) mass is 311 g/mol. The van der Waals surface area contributed by atoms with E-state index in [1.54, 1.807) is 19.1 Å². The van der Waals surface area contributed by atoms with E-state index < -0.39 is 5.97 Å². The number of aromatic nitrogens is 1. The highest BCUT2D eigenvalue weighted by Crippen LogP contribution is 2.26. The number of ether oxygens (including phenoxy) is 1. The molecule has 1 N–H and O–H groups in total. The van der Waals surface area contributed by atoms with Crippen LogP contribution in [0.15, 0.2) is 33.3 Å². The van der Waals surface area contributed by atoms with Crippen molar-refractivity contribution in [1.82, 2.24) is 5.16 Å². The maximum atomic E-state index is 10.8. The second-order valence-corrected chi connectivity index (χ2v) is 4.52. The molecule has 0 amide bonds. The fourth-order valence-corrected chi connectivity index (χ4v) is 1.88. The van der Waals surface area contributed by atoms with Crippen LogP contribution in [0.2, 0.25) is 0 Å². The minimum Gasteiger partial charge on any atom is -0.486 e. The van der Waals surface area contributed by atoms with Crippen LogP contribution in [0.5, 0.6) is 5.75 Å². The number of carboxylic acid groups (broad SMARTS) is 1. The molecule has 0 aliphatic heterocycles. The fraction of sp³-hybridized carbons (Fsp3) is 0.167. The topological polar surface area (TPSA) is 72.6 Å². The zero-order valence-corrected chi connectivity index (χ0v) is 11.1. The van der Waals surface area contributed by atoms with E-state index in [1.165, 1.54) is 12.1 Å². The Morgan fingerprint density at radius 3 is 2.83 bits per heavy atom. The van der Waals surface area contributed by atoms with Crippen molar-refractivity contribution in [3.63, 3.8) is 0 Å². The first-order valence-electron chi connectivity index (χ1n) is 5.14. The second kappa shape index (κ2) is 5.22. The fourth-order valence-electron chi connectivity index (χ4n) is 1.39. The molecule has 0 unspecified atom stereocenters. The van der Waals surface area contributed by atoms with E-state index in [1.807, 2.05) is 0 Å². The number of benzene rings is 1. The summed E-state index contributed by atoms with van der Waals surface area (Å²) in [5, 5.41) is 12.6. The molecule has 18 heavy (non-hydrogen) atoms. The van der Waals surface area contributed by atoms with Crippen LogP contribution in [-0.2, 0) is 6.61 Å². The number of rotatable bonds is 4. The number of nitrogens with zero attached hydrogens (tertiary/aromatic N) is 1. The van der Waals surface area contributed by atoms with E-state index in [0.717, 1.165) is 0 Å². The highest BCUT2D eigenvalue weighted by atomic mass is 79.9. The van der Waals surface area contributed by atoms with Gasteiger partial charge in [0.1, 0.15) is 23.8 Å². The summed E-state index contributed by atoms with van der Waals surface area (Å²) in [7, 11) is 0. The van der Waals surface area contributed by atoms with Crippen molar-refractivity contribution < 1.29 is 19.2 Å². The summed E-state index contributed by atoms with van der Waals surface area (Å²) >= 11 is 3.26. The molecule has 94 valence electrons. The van der Waals surface area contributed by atoms with Crippen LogP contribution in [0.25, 0.3) is 0 Å². The Labute approximate surface area is 111 Å². The van der Waals surface area contributed by atoms with Crippen molar-refractivity contribution >= 4 is 21.9 Å². The van der Waals surface area contributed by atoms with Crippen LogP contribution in [-0.4, -0.2) is 16.2 Å². The Morgan fingerprint density at radius 2 is 2.28 bits per heavy atom. The number of carboxylic acids is 1. The normalized spacial score (nSPS) is 10.3. The molecule has 5 nitrogen and oxygen atoms in total. The molecule has 2 rings (SSSR count). The molecule has 0 aliphatic rings. The minimum atomic E-state index is -0.977. The number of aryl methyl sites for hydroxylation is 1. The molecule has 6 heteroatoms. The second-order valence-electron chi connectivity index (χ2n) is 3.67. The SMILES string of the molecule is Cc1cc(COc2ccc(C(=O)O)cc2Br)no1. The maximum Gasteiger partial charge on any atom is 0.335 e. The third kappa shape index (κ3) is 2.89. The molecule has 0 radical (unpaired) electrons. The van der Waals surface area contributed by atoms with E-state index in [9.17, 15) is 4.79 Å². The molecule has 0 atom stereocenters. The molecule has 0 fully saturated rings. The molecule has 0 spiro atoms. The highest BCUT2D eigenvalue weighted by Gasteiger charge is 2.08. The van der Waals surface area contributed by atoms with Gasteiger partial charge in [0.15, 0.2) is 0 Å². The van der Waals surface area contributed by atoms with Gasteiger partial charge in [-0.25, -0.2) is 4.79 Å². The van der Waals surface area contributed by atoms with Crippen molar-refractivity contribution in [3.8, 4) is 5.75 Å². The number of aromatic carboxylic acids is 1. The van der Waals surface area contributed by atoms with Gasteiger partial charge in [-0.3, -0.25) is 0 Å². The number of hydrogen-bond donors (Lipinski definition) is 1. The third-order valence-electron chi connectivity index (χ3n) is 2.23. The van der Waals surface area contributed by atoms with Crippen LogP contribution in [0, 0.1) is 6.92 Å². The van der Waals surface area contributed by atoms with E-state index in [0.29, 0.717) is 21.7 Å². The Hall–Kier alpha value is -1.82. The summed E-state index contributed by atoms with van der Waals surface area (Å²) < 4.78 is 11.0. The van der Waals surface area contributed by atoms with Crippen molar-refractivity contribution in [2.45, 2.75) is 13.5 Å². The van der Waals surface area contributed by atoms with Gasteiger partial charge in [-0.05, 0) is 41.1 Å². The molecule has 2 aromatic rings. The Morgan fingerprint density at radius 1 is 1.50 bits per heavy atom. The van der Waals surface area contributed by atoms with Gasteiger partial charge in [0, 0.05) is 6.07 Å². The molecule has 0 aliphatic carbocycles. The minimum absolute atomic E-state index is 0.200. The quantitative estimate of drug-likeness (QED) is 0.939. The highest BCUT2D eigenvalue weighted by molar-refractivity contribution is 9.10. The average Bonchev–Trinajstić information content (AvgIpc) is 2.73. The zero-order valence-electron chi connectivity index (χ0n) is 9.51. The summed E-state index contributed by atoms with van der Waals surface area (Å²) in [5.74, 6) is 0.295. The van der Waals surface area contributed by atoms with E-state index in [2.05, 4.69) is 21.1 Å². The summed E-state index contributed by atoms with van der Waals surface area (Å²) in [6.45, 7) is 2.07. The molecule has 0 saturated heterocycles. The standard InChI is InChI=1S/C12H10BrNO4/c1-7-4-9(14-18-7)6-17-11-3-2-8(12(15)16)5-10(11)13/h2-5H,6H2,1H3,(H,15,16). The largest absolute Gasteiger partial charge is 0.486 e. The predicted octanol–water partition coefficient (Wildman–Crippen LogP) is 3.02. The first-order chi connectivity index (χ1) is 8.56. The van der Waals surface area contributed by atoms with Gasteiger partial charge in [0.05, 0.1) is 10.0 Å². The van der Waals surface area contributed by atoms with E-state index in [-0.39, 0.29) is 12.2 Å². The van der Waals surface area contributed by atoms with Gasteiger partial charge in [-0.2, -0.15) is 0 Å². The van der Waals surface area contributed by atoms with Crippen molar-refractivity contribution in [3.05, 3.63) is 45.8 Å². The maximum absolute atomic E-state index is 10.8. The third-order valence-corrected chi connectivity index (χ3v) is 2.85. The molecule has 0 bridgehead atoms. The lowest BCUT2D eigenvalue weighted by Crippen LogP contribution is -1.99. The molecule has 1 aromatic carbocycles. The summed E-state index contributed by atoms with van der Waals surface area (Å²) in [6.07, 6.45) is 0. The van der Waals surface area contributed by atoms with Crippen molar-refractivity contribution in [2.24, 2.45) is 0 Å². The lowest BCUT2D eigenvalue weighted by Gasteiger charge is -2.06. The first kappa shape index (κ1) is 12.6. The molecule has 0 saturated carbocycles. The van der Waals surface area contributed by atoms with Crippen LogP contribution in [0.1, 0.15) is 21.8 Å². The number of carbonyl (C=O) groups is 1. The summed E-state index contributed by atoms with van der Waals surface area (Å²) in [5.41, 5.74) is 0.883. The summed E-state index contributed by atoms with van der Waals surface area (Å²) in [4.78, 5) is 10.8. The lowest BCUT2D eigenvalue weighted by molar-refractivity contribution is 0.0696. The molecule has 1 heterocycles. The molecular formula is C12H10BrNO4. The van der Waals surface area contributed by atoms with Crippen molar-refractivity contribution in [2.75, 3.05) is 0 Å². The smallest absolute Gasteiger partial charge is 0.335 e.